The van der Waals surface area contributed by atoms with Gasteiger partial charge in [-0.05, 0) is 19.3 Å². The lowest BCUT2D eigenvalue weighted by Crippen LogP contribution is -2.05. The third kappa shape index (κ3) is 12.9. The number of carbonyl (C=O) groups is 2. The molecule has 0 fully saturated rings. The monoisotopic (exact) mass is 244 g/mol. The molecule has 0 aromatic rings. The second-order valence-electron chi connectivity index (χ2n) is 4.24. The van der Waals surface area contributed by atoms with Crippen LogP contribution in [-0.2, 0) is 14.3 Å². The van der Waals surface area contributed by atoms with E-state index in [1.165, 1.54) is 0 Å². The number of ether oxygens (including phenoxy) is 1. The average Bonchev–Trinajstić information content (AvgIpc) is 2.28. The predicted molar refractivity (Wildman–Crippen MR) is 65.8 cm³/mol. The van der Waals surface area contributed by atoms with Gasteiger partial charge < -0.3 is 9.84 Å². The predicted octanol–water partition coefficient (Wildman–Crippen LogP) is 3.15. The molecule has 0 radical (unpaired) electrons. The molecule has 0 aliphatic carbocycles. The van der Waals surface area contributed by atoms with Crippen molar-refractivity contribution in [1.82, 2.24) is 0 Å². The molecule has 0 heterocycles. The van der Waals surface area contributed by atoms with E-state index in [0.29, 0.717) is 19.4 Å². The number of hydrogen-bond donors (Lipinski definition) is 1. The van der Waals surface area contributed by atoms with Gasteiger partial charge in [-0.15, -0.1) is 0 Å². The van der Waals surface area contributed by atoms with E-state index in [1.54, 1.807) is 0 Å². The first-order chi connectivity index (χ1) is 8.16. The molecule has 0 aliphatic rings. The molecular formula is C13H24O4. The first-order valence-corrected chi connectivity index (χ1v) is 6.54. The minimum absolute atomic E-state index is 0.107. The van der Waals surface area contributed by atoms with Crippen molar-refractivity contribution in [3.05, 3.63) is 0 Å². The van der Waals surface area contributed by atoms with Gasteiger partial charge in [-0.1, -0.05) is 32.6 Å². The molecule has 17 heavy (non-hydrogen) atoms. The van der Waals surface area contributed by atoms with Gasteiger partial charge in [-0.2, -0.15) is 0 Å². The van der Waals surface area contributed by atoms with Crippen molar-refractivity contribution in [2.75, 3.05) is 6.61 Å². The topological polar surface area (TPSA) is 63.6 Å². The van der Waals surface area contributed by atoms with Gasteiger partial charge in [0, 0.05) is 12.8 Å². The standard InChI is InChI=1S/C13H24O4/c1-2-3-6-10-13(16)17-11-8-5-4-7-9-12(14)15/h2-11H2,1H3,(H,14,15). The Kier molecular flexibility index (Phi) is 10.7. The van der Waals surface area contributed by atoms with Gasteiger partial charge in [0.1, 0.15) is 0 Å². The van der Waals surface area contributed by atoms with Crippen LogP contribution in [0.15, 0.2) is 0 Å². The van der Waals surface area contributed by atoms with Gasteiger partial charge >= 0.3 is 11.9 Å². The zero-order chi connectivity index (χ0) is 12.9. The fourth-order valence-corrected chi connectivity index (χ4v) is 1.51. The maximum Gasteiger partial charge on any atom is 0.305 e. The largest absolute Gasteiger partial charge is 0.481 e. The molecule has 0 amide bonds. The van der Waals surface area contributed by atoms with Gasteiger partial charge in [0.2, 0.25) is 0 Å². The van der Waals surface area contributed by atoms with Crippen molar-refractivity contribution >= 4 is 11.9 Å². The Morgan fingerprint density at radius 1 is 0.941 bits per heavy atom. The van der Waals surface area contributed by atoms with Crippen LogP contribution in [0.25, 0.3) is 0 Å². The summed E-state index contributed by atoms with van der Waals surface area (Å²) in [5, 5.41) is 8.42. The zero-order valence-electron chi connectivity index (χ0n) is 10.7. The zero-order valence-corrected chi connectivity index (χ0v) is 10.7. The van der Waals surface area contributed by atoms with Gasteiger partial charge in [0.25, 0.3) is 0 Å². The second-order valence-corrected chi connectivity index (χ2v) is 4.24. The molecule has 4 nitrogen and oxygen atoms in total. The number of carboxylic acid groups (broad SMARTS) is 1. The Bertz CT molecular complexity index is 213. The molecule has 0 aromatic carbocycles. The molecule has 0 aromatic heterocycles. The summed E-state index contributed by atoms with van der Waals surface area (Å²) in [5.74, 6) is -0.851. The van der Waals surface area contributed by atoms with Crippen molar-refractivity contribution in [1.29, 1.82) is 0 Å². The van der Waals surface area contributed by atoms with E-state index in [0.717, 1.165) is 38.5 Å². The summed E-state index contributed by atoms with van der Waals surface area (Å²) in [4.78, 5) is 21.4. The van der Waals surface area contributed by atoms with E-state index >= 15 is 0 Å². The van der Waals surface area contributed by atoms with Crippen LogP contribution in [0.2, 0.25) is 0 Å². The molecule has 0 bridgehead atoms. The van der Waals surface area contributed by atoms with Crippen molar-refractivity contribution in [3.63, 3.8) is 0 Å². The lowest BCUT2D eigenvalue weighted by atomic mass is 10.1. The number of carboxylic acids is 1. The van der Waals surface area contributed by atoms with Crippen LogP contribution in [0, 0.1) is 0 Å². The number of rotatable bonds is 11. The van der Waals surface area contributed by atoms with Crippen molar-refractivity contribution in [2.45, 2.75) is 64.7 Å². The third-order valence-electron chi connectivity index (χ3n) is 2.53. The van der Waals surface area contributed by atoms with Crippen molar-refractivity contribution in [3.8, 4) is 0 Å². The van der Waals surface area contributed by atoms with E-state index in [2.05, 4.69) is 6.92 Å². The van der Waals surface area contributed by atoms with E-state index in [1.807, 2.05) is 0 Å². The van der Waals surface area contributed by atoms with Gasteiger partial charge in [0.05, 0.1) is 6.61 Å². The van der Waals surface area contributed by atoms with Gasteiger partial charge in [-0.25, -0.2) is 0 Å². The lowest BCUT2D eigenvalue weighted by Gasteiger charge is -2.04. The molecule has 0 aliphatic heterocycles. The molecule has 0 rings (SSSR count). The van der Waals surface area contributed by atoms with Crippen LogP contribution >= 0.6 is 0 Å². The minimum Gasteiger partial charge on any atom is -0.481 e. The van der Waals surface area contributed by atoms with Gasteiger partial charge in [-0.3, -0.25) is 9.59 Å². The van der Waals surface area contributed by atoms with E-state index in [9.17, 15) is 9.59 Å². The summed E-state index contributed by atoms with van der Waals surface area (Å²) >= 11 is 0. The van der Waals surface area contributed by atoms with E-state index < -0.39 is 5.97 Å². The summed E-state index contributed by atoms with van der Waals surface area (Å²) in [7, 11) is 0. The average molecular weight is 244 g/mol. The summed E-state index contributed by atoms with van der Waals surface area (Å²) in [6, 6.07) is 0. The Balaban J connectivity index is 3.16. The maximum atomic E-state index is 11.2. The summed E-state index contributed by atoms with van der Waals surface area (Å²) in [5.41, 5.74) is 0. The summed E-state index contributed by atoms with van der Waals surface area (Å²) in [6.45, 7) is 2.57. The van der Waals surface area contributed by atoms with E-state index in [-0.39, 0.29) is 12.4 Å². The Labute approximate surface area is 103 Å². The van der Waals surface area contributed by atoms with Crippen LogP contribution in [0.5, 0.6) is 0 Å². The smallest absolute Gasteiger partial charge is 0.305 e. The lowest BCUT2D eigenvalue weighted by molar-refractivity contribution is -0.144. The minimum atomic E-state index is -0.743. The SMILES string of the molecule is CCCCCC(=O)OCCCCCCC(=O)O. The number of esters is 1. The highest BCUT2D eigenvalue weighted by Gasteiger charge is 2.02. The number of carbonyl (C=O) groups excluding carboxylic acids is 1. The van der Waals surface area contributed by atoms with Crippen LogP contribution < -0.4 is 0 Å². The quantitative estimate of drug-likeness (QED) is 0.448. The molecule has 0 saturated carbocycles. The number of aliphatic carboxylic acids is 1. The van der Waals surface area contributed by atoms with Crippen LogP contribution in [0.4, 0.5) is 0 Å². The first kappa shape index (κ1) is 15.9. The third-order valence-corrected chi connectivity index (χ3v) is 2.53. The van der Waals surface area contributed by atoms with Gasteiger partial charge in [0.15, 0.2) is 0 Å². The number of hydrogen-bond acceptors (Lipinski definition) is 3. The first-order valence-electron chi connectivity index (χ1n) is 6.54. The fraction of sp³-hybridized carbons (Fsp3) is 0.846. The Hall–Kier alpha value is -1.06. The van der Waals surface area contributed by atoms with E-state index in [4.69, 9.17) is 9.84 Å². The highest BCUT2D eigenvalue weighted by Crippen LogP contribution is 2.05. The molecular weight excluding hydrogens is 220 g/mol. The second kappa shape index (κ2) is 11.4. The summed E-state index contributed by atoms with van der Waals surface area (Å²) in [6.07, 6.45) is 7.20. The normalized spacial score (nSPS) is 10.2. The number of unbranched alkanes of at least 4 members (excludes halogenated alkanes) is 5. The highest BCUT2D eigenvalue weighted by molar-refractivity contribution is 5.69. The van der Waals surface area contributed by atoms with Crippen LogP contribution in [-0.4, -0.2) is 23.7 Å². The maximum absolute atomic E-state index is 11.2. The molecule has 0 unspecified atom stereocenters. The van der Waals surface area contributed by atoms with Crippen molar-refractivity contribution < 1.29 is 19.4 Å². The molecule has 1 N–H and O–H groups in total. The van der Waals surface area contributed by atoms with Crippen LogP contribution in [0.3, 0.4) is 0 Å². The van der Waals surface area contributed by atoms with Crippen molar-refractivity contribution in [2.24, 2.45) is 0 Å². The Morgan fingerprint density at radius 3 is 2.24 bits per heavy atom. The van der Waals surface area contributed by atoms with Crippen LogP contribution in [0.1, 0.15) is 64.7 Å². The molecule has 0 atom stereocenters. The Morgan fingerprint density at radius 2 is 1.59 bits per heavy atom. The molecule has 4 heteroatoms. The molecule has 0 spiro atoms. The fourth-order valence-electron chi connectivity index (χ4n) is 1.51. The molecule has 0 saturated heterocycles. The highest BCUT2D eigenvalue weighted by atomic mass is 16.5. The molecule has 100 valence electrons. The summed E-state index contributed by atoms with van der Waals surface area (Å²) < 4.78 is 5.06.